The molecule has 0 bridgehead atoms. The molecule has 0 amide bonds. The van der Waals surface area contributed by atoms with Crippen LogP contribution in [0.5, 0.6) is 0 Å². The lowest BCUT2D eigenvalue weighted by molar-refractivity contribution is -0.219. The van der Waals surface area contributed by atoms with Crippen LogP contribution < -0.4 is 0 Å². The molecule has 0 saturated carbocycles. The highest BCUT2D eigenvalue weighted by Gasteiger charge is 2.10. The zero-order valence-corrected chi connectivity index (χ0v) is 4.40. The van der Waals surface area contributed by atoms with Gasteiger partial charge < -0.3 is 5.11 Å². The molecule has 0 radical (unpaired) electrons. The van der Waals surface area contributed by atoms with E-state index in [-0.39, 0.29) is 5.76 Å². The Kier molecular flexibility index (Phi) is 1.40. The highest BCUT2D eigenvalue weighted by Crippen LogP contribution is 2.03. The molecule has 0 saturated heterocycles. The second kappa shape index (κ2) is 2.21. The molecule has 0 aromatic carbocycles. The van der Waals surface area contributed by atoms with E-state index in [4.69, 9.17) is 5.11 Å². The summed E-state index contributed by atoms with van der Waals surface area (Å²) in [6.45, 7) is 0. The summed E-state index contributed by atoms with van der Waals surface area (Å²) in [6, 6.07) is 0. The van der Waals surface area contributed by atoms with Gasteiger partial charge in [-0.05, 0) is 12.2 Å². The van der Waals surface area contributed by atoms with E-state index < -0.39 is 5.97 Å². The maximum absolute atomic E-state index is 10.0. The van der Waals surface area contributed by atoms with Crippen LogP contribution in [-0.4, -0.2) is 11.1 Å². The highest BCUT2D eigenvalue weighted by molar-refractivity contribution is 5.84. The van der Waals surface area contributed by atoms with Crippen molar-refractivity contribution in [3.05, 3.63) is 24.2 Å². The normalized spacial score (nSPS) is 15.3. The van der Waals surface area contributed by atoms with Gasteiger partial charge in [-0.2, -0.15) is 0 Å². The van der Waals surface area contributed by atoms with Crippen LogP contribution in [0, 0.1) is 0 Å². The third-order valence-electron chi connectivity index (χ3n) is 0.730. The fourth-order valence-corrected chi connectivity index (χ4v) is 0.373. The maximum atomic E-state index is 10.0. The first-order valence-electron chi connectivity index (χ1n) is 2.24. The number of hydrogen-bond acceptors (Lipinski definition) is 3. The molecule has 1 heterocycles. The second-order valence-corrected chi connectivity index (χ2v) is 1.34. The quantitative estimate of drug-likeness (QED) is 0.520. The van der Waals surface area contributed by atoms with Crippen LogP contribution in [0.25, 0.3) is 0 Å². The molecule has 0 aliphatic carbocycles. The van der Waals surface area contributed by atoms with E-state index in [0.717, 1.165) is 0 Å². The number of carbonyl (C=O) groups is 1. The Morgan fingerprint density at radius 1 is 1.67 bits per heavy atom. The molecule has 4 heteroatoms. The van der Waals surface area contributed by atoms with Crippen LogP contribution in [0.1, 0.15) is 0 Å². The van der Waals surface area contributed by atoms with Crippen molar-refractivity contribution in [3.63, 3.8) is 0 Å². The van der Waals surface area contributed by atoms with Gasteiger partial charge in [-0.1, -0.05) is 0 Å². The van der Waals surface area contributed by atoms with Crippen molar-refractivity contribution in [2.75, 3.05) is 0 Å². The number of aliphatic carboxylic acids is 1. The van der Waals surface area contributed by atoms with Crippen molar-refractivity contribution < 1.29 is 19.7 Å². The lowest BCUT2D eigenvalue weighted by Gasteiger charge is -2.03. The molecule has 1 N–H and O–H groups in total. The Morgan fingerprint density at radius 3 is 2.78 bits per heavy atom. The number of carboxylic acid groups (broad SMARTS) is 1. The molecule has 4 nitrogen and oxygen atoms in total. The number of hydrogen-bond donors (Lipinski definition) is 1. The van der Waals surface area contributed by atoms with E-state index in [1.807, 2.05) is 0 Å². The molecule has 1 aliphatic rings. The number of carboxylic acids is 1. The van der Waals surface area contributed by atoms with Crippen LogP contribution in [0.3, 0.4) is 0 Å². The molecule has 9 heavy (non-hydrogen) atoms. The lowest BCUT2D eigenvalue weighted by Crippen LogP contribution is -2.05. The molecule has 0 unspecified atom stereocenters. The molecule has 0 atom stereocenters. The Hall–Kier alpha value is -1.45. The molecular formula is C5H4O4. The molecule has 0 aromatic rings. The van der Waals surface area contributed by atoms with Crippen LogP contribution in [-0.2, 0) is 14.6 Å². The summed E-state index contributed by atoms with van der Waals surface area (Å²) in [7, 11) is 0. The fraction of sp³-hybridized carbons (Fsp3) is 0. The first kappa shape index (κ1) is 5.68. The topological polar surface area (TPSA) is 55.8 Å². The minimum Gasteiger partial charge on any atom is -0.475 e. The van der Waals surface area contributed by atoms with E-state index in [2.05, 4.69) is 9.78 Å². The Morgan fingerprint density at radius 2 is 2.44 bits per heavy atom. The van der Waals surface area contributed by atoms with Crippen molar-refractivity contribution in [1.82, 2.24) is 0 Å². The van der Waals surface area contributed by atoms with E-state index in [1.165, 1.54) is 18.4 Å². The SMILES string of the molecule is O=C(O)C1=CC=COO1. The van der Waals surface area contributed by atoms with E-state index in [0.29, 0.717) is 0 Å². The van der Waals surface area contributed by atoms with Gasteiger partial charge in [0.2, 0.25) is 0 Å². The van der Waals surface area contributed by atoms with Crippen molar-refractivity contribution in [2.24, 2.45) is 0 Å². The van der Waals surface area contributed by atoms with Gasteiger partial charge in [-0.25, -0.2) is 4.79 Å². The first-order chi connectivity index (χ1) is 4.30. The summed E-state index contributed by atoms with van der Waals surface area (Å²) in [6.07, 6.45) is 3.98. The predicted octanol–water partition coefficient (Wildman–Crippen LogP) is 0.430. The Balaban J connectivity index is 2.68. The van der Waals surface area contributed by atoms with Crippen LogP contribution >= 0.6 is 0 Å². The van der Waals surface area contributed by atoms with Crippen LogP contribution in [0.4, 0.5) is 0 Å². The Labute approximate surface area is 50.9 Å². The van der Waals surface area contributed by atoms with Gasteiger partial charge >= 0.3 is 5.97 Å². The smallest absolute Gasteiger partial charge is 0.376 e. The van der Waals surface area contributed by atoms with Gasteiger partial charge in [0.1, 0.15) is 6.26 Å². The maximum Gasteiger partial charge on any atom is 0.376 e. The molecule has 0 fully saturated rings. The fourth-order valence-electron chi connectivity index (χ4n) is 0.373. The first-order valence-corrected chi connectivity index (χ1v) is 2.24. The third-order valence-corrected chi connectivity index (χ3v) is 0.730. The van der Waals surface area contributed by atoms with Crippen molar-refractivity contribution in [1.29, 1.82) is 0 Å². The second-order valence-electron chi connectivity index (χ2n) is 1.34. The van der Waals surface area contributed by atoms with E-state index in [9.17, 15) is 4.79 Å². The average molecular weight is 128 g/mol. The molecule has 0 aromatic heterocycles. The van der Waals surface area contributed by atoms with Crippen molar-refractivity contribution in [2.45, 2.75) is 0 Å². The molecule has 0 spiro atoms. The number of allylic oxidation sites excluding steroid dienone is 2. The molecule has 1 aliphatic heterocycles. The molecule has 1 rings (SSSR count). The number of rotatable bonds is 1. The summed E-state index contributed by atoms with van der Waals surface area (Å²) >= 11 is 0. The zero-order chi connectivity index (χ0) is 6.69. The Bertz CT molecular complexity index is 179. The predicted molar refractivity (Wildman–Crippen MR) is 27.0 cm³/mol. The summed E-state index contributed by atoms with van der Waals surface area (Å²) < 4.78 is 0. The van der Waals surface area contributed by atoms with Gasteiger partial charge in [-0.15, -0.1) is 0 Å². The monoisotopic (exact) mass is 128 g/mol. The van der Waals surface area contributed by atoms with E-state index in [1.54, 1.807) is 0 Å². The molecule has 48 valence electrons. The summed E-state index contributed by atoms with van der Waals surface area (Å²) in [4.78, 5) is 18.5. The largest absolute Gasteiger partial charge is 0.475 e. The van der Waals surface area contributed by atoms with Crippen molar-refractivity contribution >= 4 is 5.97 Å². The van der Waals surface area contributed by atoms with Crippen LogP contribution in [0.15, 0.2) is 24.2 Å². The molecular weight excluding hydrogens is 124 g/mol. The van der Waals surface area contributed by atoms with Gasteiger partial charge in [0.15, 0.2) is 0 Å². The van der Waals surface area contributed by atoms with Crippen LogP contribution in [0.2, 0.25) is 0 Å². The van der Waals surface area contributed by atoms with Crippen molar-refractivity contribution in [3.8, 4) is 0 Å². The summed E-state index contributed by atoms with van der Waals surface area (Å²) in [5.74, 6) is -1.35. The van der Waals surface area contributed by atoms with E-state index >= 15 is 0 Å². The van der Waals surface area contributed by atoms with Gasteiger partial charge in [0, 0.05) is 0 Å². The lowest BCUT2D eigenvalue weighted by atomic mass is 10.4. The standard InChI is InChI=1S/C5H4O4/c6-5(7)4-2-1-3-8-9-4/h1-3H,(H,6,7). The summed E-state index contributed by atoms with van der Waals surface area (Å²) in [5.41, 5.74) is 0. The van der Waals surface area contributed by atoms with Gasteiger partial charge in [0.05, 0.1) is 0 Å². The highest BCUT2D eigenvalue weighted by atomic mass is 17.2. The minimum absolute atomic E-state index is 0.211. The zero-order valence-electron chi connectivity index (χ0n) is 4.40. The summed E-state index contributed by atoms with van der Waals surface area (Å²) in [5, 5.41) is 8.23. The van der Waals surface area contributed by atoms with Gasteiger partial charge in [-0.3, -0.25) is 9.78 Å². The average Bonchev–Trinajstić information content (AvgIpc) is 1.90. The van der Waals surface area contributed by atoms with Gasteiger partial charge in [0.25, 0.3) is 5.76 Å². The minimum atomic E-state index is -1.14. The third kappa shape index (κ3) is 1.22.